The molecule has 1 saturated carbocycles. The van der Waals surface area contributed by atoms with Gasteiger partial charge in [-0.05, 0) is 72.2 Å². The van der Waals surface area contributed by atoms with Gasteiger partial charge in [-0.3, -0.25) is 14.5 Å². The van der Waals surface area contributed by atoms with Gasteiger partial charge in [0.15, 0.2) is 11.5 Å². The van der Waals surface area contributed by atoms with Crippen molar-refractivity contribution >= 4 is 17.6 Å². The average molecular weight is 571 g/mol. The molecule has 0 radical (unpaired) electrons. The fourth-order valence-corrected chi connectivity index (χ4v) is 6.31. The highest BCUT2D eigenvalue weighted by Gasteiger charge is 2.48. The minimum absolute atomic E-state index is 0.0665. The van der Waals surface area contributed by atoms with Gasteiger partial charge in [-0.15, -0.1) is 0 Å². The van der Waals surface area contributed by atoms with E-state index < -0.39 is 17.9 Å². The number of carbonyl (C=O) groups is 2. The van der Waals surface area contributed by atoms with Gasteiger partial charge in [0.05, 0.1) is 18.6 Å². The van der Waals surface area contributed by atoms with E-state index in [1.807, 2.05) is 65.6 Å². The Morgan fingerprint density at radius 1 is 0.929 bits per heavy atom. The van der Waals surface area contributed by atoms with Gasteiger partial charge in [-0.25, -0.2) is 0 Å². The molecule has 0 aromatic heterocycles. The number of anilines is 1. The number of carbonyl (C=O) groups excluding carboxylic acids is 1. The zero-order chi connectivity index (χ0) is 29.2. The second kappa shape index (κ2) is 12.1. The van der Waals surface area contributed by atoms with Gasteiger partial charge in [-0.2, -0.15) is 0 Å². The first-order valence-electron chi connectivity index (χ1n) is 15.0. The number of nitrogens with one attached hydrogen (secondary N) is 1. The first-order valence-corrected chi connectivity index (χ1v) is 15.0. The fourth-order valence-electron chi connectivity index (χ4n) is 6.31. The lowest BCUT2D eigenvalue weighted by Gasteiger charge is -2.27. The Labute approximate surface area is 246 Å². The van der Waals surface area contributed by atoms with Crippen molar-refractivity contribution in [3.05, 3.63) is 82.9 Å². The molecular weight excluding hydrogens is 532 g/mol. The maximum atomic E-state index is 13.6. The molecular formula is C34H38N2O6. The van der Waals surface area contributed by atoms with Gasteiger partial charge in [0.2, 0.25) is 5.91 Å². The summed E-state index contributed by atoms with van der Waals surface area (Å²) in [6, 6.07) is 19.0. The van der Waals surface area contributed by atoms with Crippen LogP contribution in [0.4, 0.5) is 5.69 Å². The van der Waals surface area contributed by atoms with E-state index >= 15 is 0 Å². The first kappa shape index (κ1) is 28.1. The Bertz CT molecular complexity index is 1430. The van der Waals surface area contributed by atoms with Crippen LogP contribution in [-0.4, -0.2) is 54.3 Å². The van der Waals surface area contributed by atoms with Gasteiger partial charge >= 0.3 is 5.97 Å². The van der Waals surface area contributed by atoms with E-state index in [-0.39, 0.29) is 24.5 Å². The first-order chi connectivity index (χ1) is 20.4. The molecule has 3 aromatic carbocycles. The number of likely N-dealkylation sites (tertiary alicyclic amines) is 1. The SMILES string of the molecule is CCc1cccc(CC)c1NC(=O)CN1C[C@H](c2ccc3c(c2)OCCO3)C(C(=O)O)[C@@H]1c1ccc(OC2CC2)cc1. The molecule has 2 heterocycles. The smallest absolute Gasteiger partial charge is 0.309 e. The second-order valence-electron chi connectivity index (χ2n) is 11.3. The molecule has 0 spiro atoms. The van der Waals surface area contributed by atoms with Gasteiger partial charge < -0.3 is 24.6 Å². The Hall–Kier alpha value is -4.04. The second-order valence-corrected chi connectivity index (χ2v) is 11.3. The van der Waals surface area contributed by atoms with Gasteiger partial charge in [-0.1, -0.05) is 50.2 Å². The topological polar surface area (TPSA) is 97.3 Å². The monoisotopic (exact) mass is 570 g/mol. The number of amides is 1. The van der Waals surface area contributed by atoms with Crippen LogP contribution in [0.15, 0.2) is 60.7 Å². The summed E-state index contributed by atoms with van der Waals surface area (Å²) in [5.74, 6) is -0.114. The summed E-state index contributed by atoms with van der Waals surface area (Å²) in [6.07, 6.45) is 4.00. The molecule has 2 fully saturated rings. The van der Waals surface area contributed by atoms with E-state index in [0.29, 0.717) is 31.3 Å². The van der Waals surface area contributed by atoms with Crippen LogP contribution < -0.4 is 19.5 Å². The molecule has 8 nitrogen and oxygen atoms in total. The molecule has 1 saturated heterocycles. The number of rotatable bonds is 10. The van der Waals surface area contributed by atoms with Gasteiger partial charge in [0.25, 0.3) is 0 Å². The molecule has 3 aliphatic rings. The number of aryl methyl sites for hydroxylation is 2. The highest BCUT2D eigenvalue weighted by atomic mass is 16.6. The number of carboxylic acid groups (broad SMARTS) is 1. The molecule has 42 heavy (non-hydrogen) atoms. The molecule has 1 aliphatic carbocycles. The molecule has 8 heteroatoms. The van der Waals surface area contributed by atoms with Crippen molar-refractivity contribution in [3.63, 3.8) is 0 Å². The van der Waals surface area contributed by atoms with Crippen molar-refractivity contribution < 1.29 is 28.9 Å². The molecule has 1 amide bonds. The summed E-state index contributed by atoms with van der Waals surface area (Å²) in [7, 11) is 0. The molecule has 2 N–H and O–H groups in total. The molecule has 3 aromatic rings. The number of carboxylic acids is 1. The molecule has 2 aliphatic heterocycles. The summed E-state index contributed by atoms with van der Waals surface area (Å²) in [6.45, 7) is 5.56. The largest absolute Gasteiger partial charge is 0.490 e. The number of hydrogen-bond acceptors (Lipinski definition) is 6. The van der Waals surface area contributed by atoms with Crippen LogP contribution in [-0.2, 0) is 22.4 Å². The minimum atomic E-state index is -0.897. The third kappa shape index (κ3) is 5.81. The molecule has 3 atom stereocenters. The van der Waals surface area contributed by atoms with Crippen molar-refractivity contribution in [2.75, 3.05) is 31.6 Å². The van der Waals surface area contributed by atoms with E-state index in [9.17, 15) is 14.7 Å². The van der Waals surface area contributed by atoms with Gasteiger partial charge in [0.1, 0.15) is 19.0 Å². The standard InChI is InChI=1S/C34H38N2O6/c1-3-21-6-5-7-22(4-2)32(21)35-30(37)20-36-19-27(24-10-15-28-29(18-24)41-17-16-40-28)31(34(38)39)33(36)23-8-11-25(12-9-23)42-26-13-14-26/h5-12,15,18,26-27,31,33H,3-4,13-14,16-17,19-20H2,1-2H3,(H,35,37)(H,38,39)/t27-,31?,33+/m1/s1. The summed E-state index contributed by atoms with van der Waals surface area (Å²) >= 11 is 0. The van der Waals surface area contributed by atoms with Gasteiger partial charge in [0, 0.05) is 24.2 Å². The van der Waals surface area contributed by atoms with Crippen LogP contribution in [0.25, 0.3) is 0 Å². The van der Waals surface area contributed by atoms with Crippen LogP contribution in [0.1, 0.15) is 60.9 Å². The highest BCUT2D eigenvalue weighted by Crippen LogP contribution is 2.47. The molecule has 0 bridgehead atoms. The van der Waals surface area contributed by atoms with E-state index in [4.69, 9.17) is 14.2 Å². The Morgan fingerprint density at radius 2 is 1.60 bits per heavy atom. The highest BCUT2D eigenvalue weighted by molar-refractivity contribution is 5.94. The summed E-state index contributed by atoms with van der Waals surface area (Å²) < 4.78 is 17.5. The lowest BCUT2D eigenvalue weighted by molar-refractivity contribution is -0.143. The fraction of sp³-hybridized carbons (Fsp3) is 0.412. The third-order valence-electron chi connectivity index (χ3n) is 8.54. The predicted octanol–water partition coefficient (Wildman–Crippen LogP) is 5.60. The number of nitrogens with zero attached hydrogens (tertiary/aromatic N) is 1. The van der Waals surface area contributed by atoms with Crippen molar-refractivity contribution in [2.45, 2.75) is 57.6 Å². The lowest BCUT2D eigenvalue weighted by atomic mass is 9.82. The van der Waals surface area contributed by atoms with Crippen molar-refractivity contribution in [3.8, 4) is 17.2 Å². The maximum Gasteiger partial charge on any atom is 0.309 e. The molecule has 220 valence electrons. The zero-order valence-electron chi connectivity index (χ0n) is 24.2. The van der Waals surface area contributed by atoms with Crippen LogP contribution in [0.3, 0.4) is 0 Å². The summed E-state index contributed by atoms with van der Waals surface area (Å²) in [5.41, 5.74) is 4.75. The van der Waals surface area contributed by atoms with Crippen molar-refractivity contribution in [1.29, 1.82) is 0 Å². The van der Waals surface area contributed by atoms with Crippen LogP contribution in [0, 0.1) is 5.92 Å². The summed E-state index contributed by atoms with van der Waals surface area (Å²) in [4.78, 5) is 28.6. The minimum Gasteiger partial charge on any atom is -0.490 e. The van der Waals surface area contributed by atoms with Crippen molar-refractivity contribution in [1.82, 2.24) is 4.90 Å². The Morgan fingerprint density at radius 3 is 2.24 bits per heavy atom. The number of hydrogen-bond donors (Lipinski definition) is 2. The lowest BCUT2D eigenvalue weighted by Crippen LogP contribution is -2.35. The quantitative estimate of drug-likeness (QED) is 0.327. The number of fused-ring (bicyclic) bond motifs is 1. The van der Waals surface area contributed by atoms with Crippen LogP contribution >= 0.6 is 0 Å². The Balaban J connectivity index is 1.32. The maximum absolute atomic E-state index is 13.6. The average Bonchev–Trinajstić information content (AvgIpc) is 3.74. The number of ether oxygens (including phenoxy) is 3. The number of aliphatic carboxylic acids is 1. The molecule has 1 unspecified atom stereocenters. The Kier molecular flexibility index (Phi) is 8.07. The van der Waals surface area contributed by atoms with E-state index in [1.165, 1.54) is 0 Å². The number of para-hydroxylation sites is 1. The molecule has 6 rings (SSSR count). The normalized spacial score (nSPS) is 21.6. The van der Waals surface area contributed by atoms with E-state index in [2.05, 4.69) is 19.2 Å². The zero-order valence-corrected chi connectivity index (χ0v) is 24.2. The van der Waals surface area contributed by atoms with E-state index in [0.717, 1.165) is 59.4 Å². The van der Waals surface area contributed by atoms with Crippen LogP contribution in [0.5, 0.6) is 17.2 Å². The van der Waals surface area contributed by atoms with Crippen molar-refractivity contribution in [2.24, 2.45) is 5.92 Å². The number of benzene rings is 3. The van der Waals surface area contributed by atoms with E-state index in [1.54, 1.807) is 0 Å². The van der Waals surface area contributed by atoms with Crippen LogP contribution in [0.2, 0.25) is 0 Å². The predicted molar refractivity (Wildman–Crippen MR) is 160 cm³/mol. The summed E-state index contributed by atoms with van der Waals surface area (Å²) in [5, 5.41) is 13.8. The third-order valence-corrected chi connectivity index (χ3v) is 8.54.